The Morgan fingerprint density at radius 3 is 2.50 bits per heavy atom. The SMILES string of the molecule is CCOc1cc(C(C)(C)O)ccc1C. The van der Waals surface area contributed by atoms with Crippen LogP contribution in [-0.2, 0) is 5.60 Å². The van der Waals surface area contributed by atoms with Gasteiger partial charge in [-0.1, -0.05) is 12.1 Å². The first-order chi connectivity index (χ1) is 6.45. The van der Waals surface area contributed by atoms with E-state index >= 15 is 0 Å². The van der Waals surface area contributed by atoms with Crippen LogP contribution in [0, 0.1) is 6.92 Å². The van der Waals surface area contributed by atoms with Crippen molar-refractivity contribution in [2.45, 2.75) is 33.3 Å². The third-order valence-corrected chi connectivity index (χ3v) is 2.19. The van der Waals surface area contributed by atoms with Gasteiger partial charge in [0.05, 0.1) is 12.2 Å². The fraction of sp³-hybridized carbons (Fsp3) is 0.500. The minimum atomic E-state index is -0.806. The molecular formula is C12H18O2. The second-order valence-electron chi connectivity index (χ2n) is 3.97. The number of ether oxygens (including phenoxy) is 1. The normalized spacial score (nSPS) is 11.5. The molecule has 0 unspecified atom stereocenters. The molecule has 2 heteroatoms. The third kappa shape index (κ3) is 2.48. The standard InChI is InChI=1S/C12H18O2/c1-5-14-11-8-10(12(3,4)13)7-6-9(11)2/h6-8,13H,5H2,1-4H3. The number of benzene rings is 1. The summed E-state index contributed by atoms with van der Waals surface area (Å²) in [6.07, 6.45) is 0. The summed E-state index contributed by atoms with van der Waals surface area (Å²) in [5, 5.41) is 9.82. The summed E-state index contributed by atoms with van der Waals surface area (Å²) in [6, 6.07) is 5.80. The van der Waals surface area contributed by atoms with Crippen molar-refractivity contribution >= 4 is 0 Å². The highest BCUT2D eigenvalue weighted by Gasteiger charge is 2.16. The highest BCUT2D eigenvalue weighted by molar-refractivity contribution is 5.38. The van der Waals surface area contributed by atoms with Crippen LogP contribution < -0.4 is 4.74 Å². The summed E-state index contributed by atoms with van der Waals surface area (Å²) < 4.78 is 5.46. The van der Waals surface area contributed by atoms with Crippen molar-refractivity contribution in [3.8, 4) is 5.75 Å². The highest BCUT2D eigenvalue weighted by Crippen LogP contribution is 2.26. The van der Waals surface area contributed by atoms with Gasteiger partial charge in [-0.3, -0.25) is 0 Å². The number of aliphatic hydroxyl groups is 1. The largest absolute Gasteiger partial charge is 0.494 e. The van der Waals surface area contributed by atoms with Crippen LogP contribution in [0.5, 0.6) is 5.75 Å². The van der Waals surface area contributed by atoms with E-state index in [1.165, 1.54) is 0 Å². The summed E-state index contributed by atoms with van der Waals surface area (Å²) in [6.45, 7) is 8.15. The topological polar surface area (TPSA) is 29.5 Å². The molecule has 0 aliphatic rings. The van der Waals surface area contributed by atoms with Crippen molar-refractivity contribution in [1.29, 1.82) is 0 Å². The lowest BCUT2D eigenvalue weighted by Crippen LogP contribution is -2.15. The van der Waals surface area contributed by atoms with Crippen LogP contribution in [0.25, 0.3) is 0 Å². The fourth-order valence-corrected chi connectivity index (χ4v) is 1.29. The van der Waals surface area contributed by atoms with Crippen LogP contribution >= 0.6 is 0 Å². The number of hydrogen-bond donors (Lipinski definition) is 1. The van der Waals surface area contributed by atoms with E-state index in [0.717, 1.165) is 16.9 Å². The second-order valence-corrected chi connectivity index (χ2v) is 3.97. The predicted molar refractivity (Wildman–Crippen MR) is 57.6 cm³/mol. The van der Waals surface area contributed by atoms with Crippen LogP contribution in [0.3, 0.4) is 0 Å². The number of rotatable bonds is 3. The zero-order chi connectivity index (χ0) is 10.8. The molecule has 0 saturated heterocycles. The molecule has 0 heterocycles. The zero-order valence-corrected chi connectivity index (χ0v) is 9.29. The molecule has 0 fully saturated rings. The Balaban J connectivity index is 3.06. The molecule has 0 amide bonds. The molecule has 0 spiro atoms. The first-order valence-electron chi connectivity index (χ1n) is 4.91. The Morgan fingerprint density at radius 2 is 2.00 bits per heavy atom. The molecule has 2 nitrogen and oxygen atoms in total. The summed E-state index contributed by atoms with van der Waals surface area (Å²) in [5.74, 6) is 0.854. The van der Waals surface area contributed by atoms with Crippen molar-refractivity contribution < 1.29 is 9.84 Å². The van der Waals surface area contributed by atoms with Gasteiger partial charge >= 0.3 is 0 Å². The molecule has 0 aromatic heterocycles. The Kier molecular flexibility index (Phi) is 3.17. The van der Waals surface area contributed by atoms with Gasteiger partial charge in [0, 0.05) is 0 Å². The van der Waals surface area contributed by atoms with Gasteiger partial charge in [0.1, 0.15) is 5.75 Å². The van der Waals surface area contributed by atoms with Crippen molar-refractivity contribution in [3.05, 3.63) is 29.3 Å². The van der Waals surface area contributed by atoms with Crippen molar-refractivity contribution in [1.82, 2.24) is 0 Å². The summed E-state index contributed by atoms with van der Waals surface area (Å²) in [5.41, 5.74) is 1.17. The summed E-state index contributed by atoms with van der Waals surface area (Å²) in [7, 11) is 0. The number of hydrogen-bond acceptors (Lipinski definition) is 2. The Bertz CT molecular complexity index is 311. The average molecular weight is 194 g/mol. The molecule has 14 heavy (non-hydrogen) atoms. The molecule has 0 saturated carbocycles. The van der Waals surface area contributed by atoms with Gasteiger partial charge in [-0.25, -0.2) is 0 Å². The van der Waals surface area contributed by atoms with Crippen LogP contribution in [0.15, 0.2) is 18.2 Å². The van der Waals surface area contributed by atoms with Gasteiger partial charge in [0.15, 0.2) is 0 Å². The van der Waals surface area contributed by atoms with E-state index in [1.54, 1.807) is 13.8 Å². The van der Waals surface area contributed by atoms with E-state index in [4.69, 9.17) is 4.74 Å². The molecule has 1 aromatic carbocycles. The van der Waals surface area contributed by atoms with Crippen molar-refractivity contribution in [2.75, 3.05) is 6.61 Å². The maximum absolute atomic E-state index is 9.82. The minimum absolute atomic E-state index is 0.649. The molecule has 1 rings (SSSR count). The van der Waals surface area contributed by atoms with Gasteiger partial charge in [-0.2, -0.15) is 0 Å². The zero-order valence-electron chi connectivity index (χ0n) is 9.29. The quantitative estimate of drug-likeness (QED) is 0.801. The van der Waals surface area contributed by atoms with Gasteiger partial charge in [0.25, 0.3) is 0 Å². The maximum atomic E-state index is 9.82. The van der Waals surface area contributed by atoms with E-state index in [-0.39, 0.29) is 0 Å². The van der Waals surface area contributed by atoms with Crippen LogP contribution in [-0.4, -0.2) is 11.7 Å². The van der Waals surface area contributed by atoms with Crippen LogP contribution in [0.2, 0.25) is 0 Å². The molecular weight excluding hydrogens is 176 g/mol. The second kappa shape index (κ2) is 4.01. The Morgan fingerprint density at radius 1 is 1.36 bits per heavy atom. The lowest BCUT2D eigenvalue weighted by atomic mass is 9.97. The van der Waals surface area contributed by atoms with Crippen molar-refractivity contribution in [3.63, 3.8) is 0 Å². The minimum Gasteiger partial charge on any atom is -0.494 e. The summed E-state index contributed by atoms with van der Waals surface area (Å²) >= 11 is 0. The molecule has 0 aliphatic heterocycles. The molecule has 0 bridgehead atoms. The van der Waals surface area contributed by atoms with Crippen molar-refractivity contribution in [2.24, 2.45) is 0 Å². The Hall–Kier alpha value is -1.02. The van der Waals surface area contributed by atoms with Gasteiger partial charge in [-0.15, -0.1) is 0 Å². The van der Waals surface area contributed by atoms with Gasteiger partial charge in [-0.05, 0) is 44.9 Å². The first kappa shape index (κ1) is 11.1. The maximum Gasteiger partial charge on any atom is 0.122 e. The number of aryl methyl sites for hydroxylation is 1. The van der Waals surface area contributed by atoms with E-state index in [9.17, 15) is 5.11 Å². The monoisotopic (exact) mass is 194 g/mol. The van der Waals surface area contributed by atoms with Gasteiger partial charge in [0.2, 0.25) is 0 Å². The Labute approximate surface area is 85.5 Å². The fourth-order valence-electron chi connectivity index (χ4n) is 1.29. The van der Waals surface area contributed by atoms with Gasteiger partial charge < -0.3 is 9.84 Å². The molecule has 1 aromatic rings. The van der Waals surface area contributed by atoms with Crippen LogP contribution in [0.4, 0.5) is 0 Å². The third-order valence-electron chi connectivity index (χ3n) is 2.19. The highest BCUT2D eigenvalue weighted by atomic mass is 16.5. The van der Waals surface area contributed by atoms with E-state index in [0.29, 0.717) is 6.61 Å². The smallest absolute Gasteiger partial charge is 0.122 e. The molecule has 0 radical (unpaired) electrons. The molecule has 0 aliphatic carbocycles. The first-order valence-corrected chi connectivity index (χ1v) is 4.91. The molecule has 0 atom stereocenters. The van der Waals surface area contributed by atoms with E-state index < -0.39 is 5.60 Å². The van der Waals surface area contributed by atoms with E-state index in [2.05, 4.69) is 0 Å². The average Bonchev–Trinajstić information content (AvgIpc) is 2.07. The lowest BCUT2D eigenvalue weighted by molar-refractivity contribution is 0.0782. The lowest BCUT2D eigenvalue weighted by Gasteiger charge is -2.19. The summed E-state index contributed by atoms with van der Waals surface area (Å²) in [4.78, 5) is 0. The molecule has 1 N–H and O–H groups in total. The molecule has 78 valence electrons. The van der Waals surface area contributed by atoms with Crippen LogP contribution in [0.1, 0.15) is 31.9 Å². The predicted octanol–water partition coefficient (Wildman–Crippen LogP) is 2.62. The van der Waals surface area contributed by atoms with E-state index in [1.807, 2.05) is 32.0 Å².